The highest BCUT2D eigenvalue weighted by molar-refractivity contribution is 6.34. The van der Waals surface area contributed by atoms with Gasteiger partial charge in [-0.2, -0.15) is 0 Å². The average molecular weight is 600 g/mol. The Kier molecular flexibility index (Phi) is 9.60. The van der Waals surface area contributed by atoms with E-state index < -0.39 is 35.1 Å². The summed E-state index contributed by atoms with van der Waals surface area (Å²) in [7, 11) is 0. The van der Waals surface area contributed by atoms with E-state index in [9.17, 15) is 19.5 Å². The molecule has 1 spiro atoms. The number of carbonyl (C=O) groups excluding carboxylic acids is 3. The van der Waals surface area contributed by atoms with Crippen LogP contribution in [0, 0.1) is 24.7 Å². The number of carbonyl (C=O) groups is 3. The summed E-state index contributed by atoms with van der Waals surface area (Å²) in [6.07, 6.45) is 5.77. The number of aliphatic hydroxyl groups excluding tert-OH is 1. The van der Waals surface area contributed by atoms with Crippen molar-refractivity contribution in [1.82, 2.24) is 9.80 Å². The first-order chi connectivity index (χ1) is 20.0. The molecule has 0 radical (unpaired) electrons. The van der Waals surface area contributed by atoms with Gasteiger partial charge < -0.3 is 24.5 Å². The minimum absolute atomic E-state index is 0.0984. The number of nitrogens with zero attached hydrogens (tertiary/aromatic N) is 3. The Morgan fingerprint density at radius 2 is 1.90 bits per heavy atom. The summed E-state index contributed by atoms with van der Waals surface area (Å²) in [6, 6.07) is 3.77. The minimum atomic E-state index is -1.22. The molecule has 3 aliphatic heterocycles. The van der Waals surface area contributed by atoms with Gasteiger partial charge in [-0.25, -0.2) is 0 Å². The number of hydrogen-bond donors (Lipinski definition) is 1. The number of amides is 3. The lowest BCUT2D eigenvalue weighted by Gasteiger charge is -2.41. The Morgan fingerprint density at radius 3 is 2.48 bits per heavy atom. The van der Waals surface area contributed by atoms with Crippen molar-refractivity contribution in [3.05, 3.63) is 54.1 Å². The highest BCUT2D eigenvalue weighted by Crippen LogP contribution is 2.64. The second kappa shape index (κ2) is 12.5. The molecule has 42 heavy (non-hydrogen) atoms. The lowest BCUT2D eigenvalue weighted by atomic mass is 9.66. The van der Waals surface area contributed by atoms with Gasteiger partial charge in [-0.3, -0.25) is 14.4 Å². The van der Waals surface area contributed by atoms with Crippen LogP contribution in [-0.2, 0) is 19.1 Å². The van der Waals surface area contributed by atoms with Crippen LogP contribution < -0.4 is 4.90 Å². The SMILES string of the molecule is C=CCN(CCC)C(=O)[C@@H]1[C@H]2C(=O)N([C@@H](CO)[C@@H](C)CC)C(C(=O)N(CC=C)c3c(C)cccc3Cl)C23CC[C@@]1(C)O3. The van der Waals surface area contributed by atoms with Crippen molar-refractivity contribution < 1.29 is 24.2 Å². The van der Waals surface area contributed by atoms with Crippen LogP contribution in [0.4, 0.5) is 5.69 Å². The van der Waals surface area contributed by atoms with Crippen LogP contribution in [0.1, 0.15) is 58.9 Å². The molecule has 2 unspecified atom stereocenters. The van der Waals surface area contributed by atoms with Crippen molar-refractivity contribution in [3.8, 4) is 0 Å². The van der Waals surface area contributed by atoms with E-state index in [2.05, 4.69) is 13.2 Å². The zero-order valence-corrected chi connectivity index (χ0v) is 26.4. The lowest BCUT2D eigenvalue weighted by molar-refractivity contribution is -0.153. The number of anilines is 1. The first kappa shape index (κ1) is 32.2. The molecule has 0 saturated carbocycles. The molecule has 1 aromatic rings. The molecule has 3 aliphatic rings. The largest absolute Gasteiger partial charge is 0.394 e. The zero-order chi connectivity index (χ0) is 31.0. The Bertz CT molecular complexity index is 1220. The number of para-hydroxylation sites is 1. The number of halogens is 1. The van der Waals surface area contributed by atoms with E-state index in [1.165, 1.54) is 0 Å². The van der Waals surface area contributed by atoms with Gasteiger partial charge in [-0.1, -0.05) is 63.1 Å². The standard InChI is InChI=1S/C33H46ClN3O5/c1-8-17-35(18-9-2)29(39)25-26-30(40)37(24(20-38)21(5)11-4)28(33(26)16-15-32(25,7)42-33)31(41)36(19-10-3)27-22(6)13-12-14-23(27)34/h8,10,12-14,21,24-26,28,38H,1,3,9,11,15-20H2,2,4-7H3/t21-,24-,25-,26-,28?,32+,33?/m0/s1. The smallest absolute Gasteiger partial charge is 0.253 e. The molecular formula is C33H46ClN3O5. The highest BCUT2D eigenvalue weighted by Gasteiger charge is 2.79. The third-order valence-corrected chi connectivity index (χ3v) is 10.1. The molecule has 1 N–H and O–H groups in total. The monoisotopic (exact) mass is 599 g/mol. The summed E-state index contributed by atoms with van der Waals surface area (Å²) >= 11 is 6.67. The van der Waals surface area contributed by atoms with E-state index in [-0.39, 0.29) is 36.8 Å². The maximum Gasteiger partial charge on any atom is 0.253 e. The van der Waals surface area contributed by atoms with E-state index in [0.29, 0.717) is 43.1 Å². The lowest BCUT2D eigenvalue weighted by Crippen LogP contribution is -2.60. The van der Waals surface area contributed by atoms with E-state index in [1.807, 2.05) is 46.8 Å². The number of aryl methyl sites for hydroxylation is 1. The topological polar surface area (TPSA) is 90.4 Å². The van der Waals surface area contributed by atoms with E-state index in [1.54, 1.807) is 32.9 Å². The van der Waals surface area contributed by atoms with Gasteiger partial charge in [0.25, 0.3) is 5.91 Å². The predicted molar refractivity (Wildman–Crippen MR) is 165 cm³/mol. The van der Waals surface area contributed by atoms with Crippen LogP contribution in [-0.4, -0.2) is 82.2 Å². The summed E-state index contributed by atoms with van der Waals surface area (Å²) < 4.78 is 6.85. The van der Waals surface area contributed by atoms with E-state index >= 15 is 0 Å². The van der Waals surface area contributed by atoms with Crippen molar-refractivity contribution in [1.29, 1.82) is 0 Å². The Labute approximate surface area is 255 Å². The normalized spacial score (nSPS) is 29.3. The van der Waals surface area contributed by atoms with Crippen molar-refractivity contribution in [2.24, 2.45) is 17.8 Å². The van der Waals surface area contributed by atoms with Crippen LogP contribution in [0.2, 0.25) is 5.02 Å². The summed E-state index contributed by atoms with van der Waals surface area (Å²) in [5, 5.41) is 11.1. The summed E-state index contributed by atoms with van der Waals surface area (Å²) in [5.41, 5.74) is -0.763. The summed E-state index contributed by atoms with van der Waals surface area (Å²) in [5.74, 6) is -2.51. The van der Waals surface area contributed by atoms with Crippen LogP contribution in [0.15, 0.2) is 43.5 Å². The molecule has 0 aromatic heterocycles. The van der Waals surface area contributed by atoms with Gasteiger partial charge >= 0.3 is 0 Å². The molecule has 8 nitrogen and oxygen atoms in total. The van der Waals surface area contributed by atoms with Crippen molar-refractivity contribution >= 4 is 35.0 Å². The molecule has 1 aromatic carbocycles. The van der Waals surface area contributed by atoms with Crippen LogP contribution in [0.25, 0.3) is 0 Å². The molecular weight excluding hydrogens is 554 g/mol. The summed E-state index contributed by atoms with van der Waals surface area (Å²) in [4.78, 5) is 48.7. The van der Waals surface area contributed by atoms with Crippen LogP contribution in [0.3, 0.4) is 0 Å². The maximum atomic E-state index is 14.9. The zero-order valence-electron chi connectivity index (χ0n) is 25.6. The molecule has 3 heterocycles. The molecule has 3 fully saturated rings. The minimum Gasteiger partial charge on any atom is -0.394 e. The quantitative estimate of drug-likeness (QED) is 0.330. The molecule has 7 atom stereocenters. The van der Waals surface area contributed by atoms with Crippen LogP contribution >= 0.6 is 11.6 Å². The highest BCUT2D eigenvalue weighted by atomic mass is 35.5. The number of fused-ring (bicyclic) bond motifs is 1. The van der Waals surface area contributed by atoms with Gasteiger partial charge in [-0.05, 0) is 50.7 Å². The van der Waals surface area contributed by atoms with Crippen molar-refractivity contribution in [2.45, 2.75) is 83.6 Å². The second-order valence-corrected chi connectivity index (χ2v) is 12.7. The number of likely N-dealkylation sites (tertiary alicyclic amines) is 1. The molecule has 3 amide bonds. The number of rotatable bonds is 13. The fourth-order valence-corrected chi connectivity index (χ4v) is 7.96. The summed E-state index contributed by atoms with van der Waals surface area (Å²) in [6.45, 7) is 18.2. The Hall–Kier alpha value is -2.68. The van der Waals surface area contributed by atoms with Crippen molar-refractivity contribution in [2.75, 3.05) is 31.1 Å². The number of ether oxygens (including phenoxy) is 1. The van der Waals surface area contributed by atoms with Gasteiger partial charge in [-0.15, -0.1) is 13.2 Å². The number of aliphatic hydroxyl groups is 1. The van der Waals surface area contributed by atoms with Crippen LogP contribution in [0.5, 0.6) is 0 Å². The predicted octanol–water partition coefficient (Wildman–Crippen LogP) is 4.76. The Morgan fingerprint density at radius 1 is 1.21 bits per heavy atom. The molecule has 4 rings (SSSR count). The fraction of sp³-hybridized carbons (Fsp3) is 0.606. The molecule has 2 bridgehead atoms. The number of hydrogen-bond acceptors (Lipinski definition) is 5. The first-order valence-electron chi connectivity index (χ1n) is 15.2. The molecule has 3 saturated heterocycles. The third kappa shape index (κ3) is 4.99. The van der Waals surface area contributed by atoms with E-state index in [0.717, 1.165) is 12.0 Å². The second-order valence-electron chi connectivity index (χ2n) is 12.3. The average Bonchev–Trinajstić information content (AvgIpc) is 3.52. The Balaban J connectivity index is 1.90. The molecule has 230 valence electrons. The van der Waals surface area contributed by atoms with Gasteiger partial charge in [0.05, 0.1) is 40.8 Å². The molecule has 0 aliphatic carbocycles. The third-order valence-electron chi connectivity index (χ3n) is 9.75. The number of benzene rings is 1. The van der Waals surface area contributed by atoms with Gasteiger partial charge in [0, 0.05) is 19.6 Å². The van der Waals surface area contributed by atoms with Gasteiger partial charge in [0.15, 0.2) is 0 Å². The first-order valence-corrected chi connectivity index (χ1v) is 15.6. The van der Waals surface area contributed by atoms with Gasteiger partial charge in [0.2, 0.25) is 11.8 Å². The van der Waals surface area contributed by atoms with Crippen molar-refractivity contribution in [3.63, 3.8) is 0 Å². The maximum absolute atomic E-state index is 14.9. The van der Waals surface area contributed by atoms with E-state index in [4.69, 9.17) is 16.3 Å². The fourth-order valence-electron chi connectivity index (χ4n) is 7.64. The van der Waals surface area contributed by atoms with Gasteiger partial charge in [0.1, 0.15) is 11.6 Å². The molecule has 9 heteroatoms.